The van der Waals surface area contributed by atoms with E-state index in [-0.39, 0.29) is 16.1 Å². The molecule has 0 amide bonds. The normalized spacial score (nSPS) is 20.4. The van der Waals surface area contributed by atoms with Gasteiger partial charge < -0.3 is 5.21 Å². The first-order chi connectivity index (χ1) is 8.91. The highest BCUT2D eigenvalue weighted by Gasteiger charge is 2.31. The van der Waals surface area contributed by atoms with Crippen LogP contribution < -0.4 is 11.0 Å². The summed E-state index contributed by atoms with van der Waals surface area (Å²) in [5.74, 6) is 5.23. The van der Waals surface area contributed by atoms with Crippen LogP contribution in [0.25, 0.3) is 0 Å². The van der Waals surface area contributed by atoms with E-state index in [2.05, 4.69) is 0 Å². The minimum Gasteiger partial charge on any atom is -0.613 e. The van der Waals surface area contributed by atoms with Crippen molar-refractivity contribution in [2.24, 2.45) is 5.84 Å². The molecule has 0 saturated carbocycles. The van der Waals surface area contributed by atoms with Crippen LogP contribution in [0, 0.1) is 5.21 Å². The molecule has 0 radical (unpaired) electrons. The molecule has 1 unspecified atom stereocenters. The minimum atomic E-state index is -3.54. The van der Waals surface area contributed by atoms with E-state index < -0.39 is 10.0 Å². The third kappa shape index (κ3) is 3.25. The van der Waals surface area contributed by atoms with Crippen LogP contribution in [0.15, 0.2) is 29.2 Å². The van der Waals surface area contributed by atoms with Gasteiger partial charge >= 0.3 is 0 Å². The molecule has 1 aliphatic rings. The number of quaternary nitrogens is 1. The van der Waals surface area contributed by atoms with Crippen molar-refractivity contribution in [2.75, 3.05) is 13.1 Å². The number of hydrogen-bond donors (Lipinski definition) is 2. The van der Waals surface area contributed by atoms with Crippen LogP contribution in [-0.2, 0) is 10.0 Å². The molecule has 19 heavy (non-hydrogen) atoms. The van der Waals surface area contributed by atoms with Crippen molar-refractivity contribution < 1.29 is 13.6 Å². The molecule has 8 heteroatoms. The number of nitrogens with zero attached hydrogens (tertiary/aromatic N) is 1. The number of rotatable bonds is 3. The number of nitrogens with two attached hydrogens (primary N) is 1. The van der Waals surface area contributed by atoms with E-state index in [0.29, 0.717) is 31.0 Å². The van der Waals surface area contributed by atoms with Crippen molar-refractivity contribution in [3.05, 3.63) is 34.5 Å². The number of sulfonamides is 1. The molecular formula is C11H16ClN3O3S. The monoisotopic (exact) mass is 305 g/mol. The molecule has 1 aromatic rings. The third-order valence-electron chi connectivity index (χ3n) is 3.29. The fraction of sp³-hybridized carbons (Fsp3) is 0.455. The Bertz CT molecular complexity index is 542. The van der Waals surface area contributed by atoms with Gasteiger partial charge in [-0.05, 0) is 18.2 Å². The molecule has 1 aliphatic heterocycles. The van der Waals surface area contributed by atoms with Crippen LogP contribution in [-0.4, -0.2) is 31.9 Å². The summed E-state index contributed by atoms with van der Waals surface area (Å²) < 4.78 is 26.1. The lowest BCUT2D eigenvalue weighted by Gasteiger charge is -2.34. The van der Waals surface area contributed by atoms with E-state index in [9.17, 15) is 13.6 Å². The topological polar surface area (TPSA) is 90.9 Å². The van der Waals surface area contributed by atoms with Crippen LogP contribution in [0.4, 0.5) is 0 Å². The quantitative estimate of drug-likeness (QED) is 0.595. The fourth-order valence-corrected chi connectivity index (χ4v) is 3.93. The molecule has 2 rings (SSSR count). The van der Waals surface area contributed by atoms with Crippen LogP contribution in [0.1, 0.15) is 12.8 Å². The number of nitrogens with one attached hydrogen (secondary N) is 1. The molecule has 1 saturated heterocycles. The predicted octanol–water partition coefficient (Wildman–Crippen LogP) is -0.250. The average Bonchev–Trinajstić information content (AvgIpc) is 2.39. The Hall–Kier alpha value is -0.700. The summed E-state index contributed by atoms with van der Waals surface area (Å²) in [6.07, 6.45) is 0.935. The second kappa shape index (κ2) is 5.74. The highest BCUT2D eigenvalue weighted by Crippen LogP contribution is 2.22. The van der Waals surface area contributed by atoms with E-state index in [0.717, 1.165) is 0 Å². The Morgan fingerprint density at radius 3 is 2.53 bits per heavy atom. The van der Waals surface area contributed by atoms with Crippen molar-refractivity contribution >= 4 is 21.6 Å². The summed E-state index contributed by atoms with van der Waals surface area (Å²) in [4.78, 5) is 0.178. The molecule has 106 valence electrons. The lowest BCUT2D eigenvalue weighted by molar-refractivity contribution is -0.889. The Morgan fingerprint density at radius 1 is 1.37 bits per heavy atom. The molecule has 0 aliphatic carbocycles. The van der Waals surface area contributed by atoms with Crippen molar-refractivity contribution in [1.29, 1.82) is 0 Å². The van der Waals surface area contributed by atoms with Gasteiger partial charge in [0, 0.05) is 31.0 Å². The minimum absolute atomic E-state index is 0.178. The van der Waals surface area contributed by atoms with Crippen LogP contribution in [0.3, 0.4) is 0 Å². The number of hydrogen-bond acceptors (Lipinski definition) is 4. The lowest BCUT2D eigenvalue weighted by atomic mass is 10.1. The van der Waals surface area contributed by atoms with E-state index in [1.54, 1.807) is 12.1 Å². The SMILES string of the molecule is N[NH+]([O-])C1CCN(S(=O)(=O)c2cccc(Cl)c2)CC1. The van der Waals surface area contributed by atoms with Gasteiger partial charge in [0.15, 0.2) is 0 Å². The predicted molar refractivity (Wildman–Crippen MR) is 71.7 cm³/mol. The van der Waals surface area contributed by atoms with Crippen LogP contribution in [0.5, 0.6) is 0 Å². The fourth-order valence-electron chi connectivity index (χ4n) is 2.16. The van der Waals surface area contributed by atoms with Gasteiger partial charge in [-0.2, -0.15) is 10.1 Å². The maximum absolute atomic E-state index is 12.4. The van der Waals surface area contributed by atoms with Crippen molar-refractivity contribution in [3.8, 4) is 0 Å². The lowest BCUT2D eigenvalue weighted by Crippen LogP contribution is -3.17. The maximum atomic E-state index is 12.4. The highest BCUT2D eigenvalue weighted by atomic mass is 35.5. The van der Waals surface area contributed by atoms with E-state index >= 15 is 0 Å². The summed E-state index contributed by atoms with van der Waals surface area (Å²) >= 11 is 5.81. The summed E-state index contributed by atoms with van der Waals surface area (Å²) in [5, 5.41) is 11.1. The number of hydroxylamine groups is 1. The largest absolute Gasteiger partial charge is 0.613 e. The first-order valence-corrected chi connectivity index (χ1v) is 7.78. The highest BCUT2D eigenvalue weighted by molar-refractivity contribution is 7.89. The Kier molecular flexibility index (Phi) is 4.44. The average molecular weight is 306 g/mol. The molecular weight excluding hydrogens is 290 g/mol. The van der Waals surface area contributed by atoms with Crippen molar-refractivity contribution in [3.63, 3.8) is 0 Å². The Labute approximate surface area is 117 Å². The second-order valence-electron chi connectivity index (χ2n) is 4.54. The van der Waals surface area contributed by atoms with E-state index in [1.807, 2.05) is 0 Å². The van der Waals surface area contributed by atoms with Gasteiger partial charge in [-0.1, -0.05) is 17.7 Å². The molecule has 0 aromatic heterocycles. The molecule has 1 aromatic carbocycles. The summed E-state index contributed by atoms with van der Waals surface area (Å²) in [5.41, 5.74) is 0. The number of benzene rings is 1. The van der Waals surface area contributed by atoms with Gasteiger partial charge in [-0.15, -0.1) is 0 Å². The Morgan fingerprint density at radius 2 is 2.00 bits per heavy atom. The maximum Gasteiger partial charge on any atom is 0.243 e. The van der Waals surface area contributed by atoms with Crippen molar-refractivity contribution in [1.82, 2.24) is 4.31 Å². The van der Waals surface area contributed by atoms with Gasteiger partial charge in [0.1, 0.15) is 6.04 Å². The molecule has 3 N–H and O–H groups in total. The second-order valence-corrected chi connectivity index (χ2v) is 6.91. The smallest absolute Gasteiger partial charge is 0.243 e. The molecule has 1 heterocycles. The van der Waals surface area contributed by atoms with Gasteiger partial charge in [0.25, 0.3) is 0 Å². The summed E-state index contributed by atoms with van der Waals surface area (Å²) in [6.45, 7) is 0.616. The summed E-state index contributed by atoms with van der Waals surface area (Å²) in [6, 6.07) is 5.94. The van der Waals surface area contributed by atoms with E-state index in [4.69, 9.17) is 17.4 Å². The standard InChI is InChI=1S/C11H16ClN3O3S/c12-9-2-1-3-11(8-9)19(17,18)14-6-4-10(5-7-14)15(13)16/h1-3,8,10,15H,4-7,13H2. The molecule has 1 atom stereocenters. The van der Waals surface area contributed by atoms with Crippen molar-refractivity contribution in [2.45, 2.75) is 23.8 Å². The van der Waals surface area contributed by atoms with Crippen LogP contribution >= 0.6 is 11.6 Å². The number of piperidine rings is 1. The molecule has 0 bridgehead atoms. The first-order valence-electron chi connectivity index (χ1n) is 5.96. The molecule has 1 fully saturated rings. The molecule has 6 nitrogen and oxygen atoms in total. The summed E-state index contributed by atoms with van der Waals surface area (Å²) in [7, 11) is -3.54. The molecule has 0 spiro atoms. The van der Waals surface area contributed by atoms with Gasteiger partial charge in [-0.3, -0.25) is 5.17 Å². The third-order valence-corrected chi connectivity index (χ3v) is 5.42. The number of halogens is 1. The van der Waals surface area contributed by atoms with Crippen LogP contribution in [0.2, 0.25) is 5.02 Å². The zero-order valence-electron chi connectivity index (χ0n) is 10.3. The zero-order chi connectivity index (χ0) is 14.0. The zero-order valence-corrected chi connectivity index (χ0v) is 11.8. The van der Waals surface area contributed by atoms with Gasteiger partial charge in [0.2, 0.25) is 10.0 Å². The van der Waals surface area contributed by atoms with Gasteiger partial charge in [0.05, 0.1) is 4.90 Å². The Balaban J connectivity index is 2.14. The first kappa shape index (κ1) is 14.7. The van der Waals surface area contributed by atoms with E-state index in [1.165, 1.54) is 16.4 Å². The van der Waals surface area contributed by atoms with Gasteiger partial charge in [-0.25, -0.2) is 8.42 Å².